The summed E-state index contributed by atoms with van der Waals surface area (Å²) in [6.45, 7) is 0.458. The van der Waals surface area contributed by atoms with E-state index in [1.54, 1.807) is 18.2 Å². The molecule has 1 unspecified atom stereocenters. The van der Waals surface area contributed by atoms with Gasteiger partial charge in [-0.25, -0.2) is 18.7 Å². The summed E-state index contributed by atoms with van der Waals surface area (Å²) < 4.78 is 52.7. The fraction of sp³-hybridized carbons (Fsp3) is 0.286. The van der Waals surface area contributed by atoms with Crippen molar-refractivity contribution in [3.05, 3.63) is 100 Å². The van der Waals surface area contributed by atoms with Crippen molar-refractivity contribution in [2.24, 2.45) is 0 Å². The minimum Gasteiger partial charge on any atom is -0.444 e. The largest absolute Gasteiger partial charge is 0.444 e. The highest BCUT2D eigenvalue weighted by atomic mass is 19.3. The van der Waals surface area contributed by atoms with Crippen LogP contribution in [-0.4, -0.2) is 48.8 Å². The number of amides is 2. The summed E-state index contributed by atoms with van der Waals surface area (Å²) in [6.07, 6.45) is -2.98. The summed E-state index contributed by atoms with van der Waals surface area (Å²) in [5, 5.41) is 12.5. The number of carbonyl (C=O) groups excluding carboxylic acids is 2. The molecule has 12 nitrogen and oxygen atoms in total. The highest BCUT2D eigenvalue weighted by Crippen LogP contribution is 2.21. The van der Waals surface area contributed by atoms with Gasteiger partial charge >= 0.3 is 17.9 Å². The maximum atomic E-state index is 14.7. The standard InChI is InChI=1S/C28H28F3N7O5/c1-28(30,31)43-22-9-5-8-20(14-22)15-32-25(39)23-17-38(36-35-23)16-21(29)10-12-37-13-11-24(33-26(37)40)34-27(41)42-18-19-6-3-2-4-7-19/h2-9,11,13-14,17,21H,10,12,15-16,18H2,1H3,(H,32,39)(H,33,34,40,41). The van der Waals surface area contributed by atoms with Gasteiger partial charge in [-0.3, -0.25) is 14.7 Å². The zero-order valence-electron chi connectivity index (χ0n) is 23.0. The Labute approximate surface area is 243 Å². The summed E-state index contributed by atoms with van der Waals surface area (Å²) in [6, 6.07) is 16.3. The Morgan fingerprint density at radius 3 is 2.58 bits per heavy atom. The first kappa shape index (κ1) is 30.7. The van der Waals surface area contributed by atoms with E-state index in [1.165, 1.54) is 41.2 Å². The number of rotatable bonds is 13. The lowest BCUT2D eigenvalue weighted by Crippen LogP contribution is -2.26. The second-order valence-corrected chi connectivity index (χ2v) is 9.43. The van der Waals surface area contributed by atoms with Gasteiger partial charge in [0.05, 0.1) is 12.7 Å². The second kappa shape index (κ2) is 14.1. The number of anilines is 1. The first-order chi connectivity index (χ1) is 20.5. The molecule has 0 spiro atoms. The van der Waals surface area contributed by atoms with Crippen LogP contribution in [-0.2, 0) is 31.0 Å². The van der Waals surface area contributed by atoms with Gasteiger partial charge in [-0.2, -0.15) is 13.8 Å². The summed E-state index contributed by atoms with van der Waals surface area (Å²) in [7, 11) is 0. The van der Waals surface area contributed by atoms with Gasteiger partial charge in [-0.05, 0) is 35.7 Å². The third-order valence-corrected chi connectivity index (χ3v) is 5.81. The molecule has 226 valence electrons. The van der Waals surface area contributed by atoms with Crippen molar-refractivity contribution >= 4 is 17.8 Å². The SMILES string of the molecule is CC(F)(F)Oc1cccc(CNC(=O)c2cn(CC(F)CCn3ccc(NC(=O)OCc4ccccc4)nc3=O)nn2)c1. The van der Waals surface area contributed by atoms with Crippen molar-refractivity contribution < 1.29 is 32.2 Å². The molecule has 0 saturated heterocycles. The Hall–Kier alpha value is -5.21. The minimum atomic E-state index is -3.34. The van der Waals surface area contributed by atoms with Crippen LogP contribution in [0.5, 0.6) is 5.75 Å². The van der Waals surface area contributed by atoms with Crippen LogP contribution >= 0.6 is 0 Å². The number of hydrogen-bond acceptors (Lipinski definition) is 8. The molecule has 0 bridgehead atoms. The number of alkyl halides is 3. The lowest BCUT2D eigenvalue weighted by Gasteiger charge is -2.13. The van der Waals surface area contributed by atoms with E-state index in [1.807, 2.05) is 18.2 Å². The summed E-state index contributed by atoms with van der Waals surface area (Å²) in [5.74, 6) is -0.652. The van der Waals surface area contributed by atoms with Crippen LogP contribution in [0.15, 0.2) is 77.9 Å². The van der Waals surface area contributed by atoms with Gasteiger partial charge in [-0.15, -0.1) is 5.10 Å². The van der Waals surface area contributed by atoms with Crippen LogP contribution in [0.25, 0.3) is 0 Å². The van der Waals surface area contributed by atoms with Crippen molar-refractivity contribution in [2.75, 3.05) is 5.32 Å². The van der Waals surface area contributed by atoms with Gasteiger partial charge in [0.25, 0.3) is 5.91 Å². The molecule has 2 N–H and O–H groups in total. The molecule has 0 fully saturated rings. The zero-order chi connectivity index (χ0) is 30.8. The molecule has 2 heterocycles. The Morgan fingerprint density at radius 2 is 1.84 bits per heavy atom. The highest BCUT2D eigenvalue weighted by Gasteiger charge is 2.23. The fourth-order valence-electron chi connectivity index (χ4n) is 3.80. The fourth-order valence-corrected chi connectivity index (χ4v) is 3.80. The molecule has 43 heavy (non-hydrogen) atoms. The number of benzene rings is 2. The van der Waals surface area contributed by atoms with E-state index in [2.05, 4.69) is 30.7 Å². The van der Waals surface area contributed by atoms with E-state index in [-0.39, 0.29) is 49.9 Å². The Bertz CT molecular complexity index is 1590. The Balaban J connectivity index is 1.21. The molecular weight excluding hydrogens is 571 g/mol. The van der Waals surface area contributed by atoms with Gasteiger partial charge in [0.2, 0.25) is 0 Å². The average molecular weight is 600 g/mol. The van der Waals surface area contributed by atoms with E-state index in [9.17, 15) is 27.6 Å². The van der Waals surface area contributed by atoms with Crippen LogP contribution < -0.4 is 21.1 Å². The molecule has 0 radical (unpaired) electrons. The molecule has 0 aliphatic carbocycles. The smallest absolute Gasteiger partial charge is 0.413 e. The van der Waals surface area contributed by atoms with Crippen LogP contribution in [0.2, 0.25) is 0 Å². The van der Waals surface area contributed by atoms with Crippen molar-refractivity contribution in [2.45, 2.75) is 51.9 Å². The first-order valence-corrected chi connectivity index (χ1v) is 13.1. The number of aryl methyl sites for hydroxylation is 1. The van der Waals surface area contributed by atoms with Crippen LogP contribution in [0, 0.1) is 0 Å². The molecular formula is C28H28F3N7O5. The highest BCUT2D eigenvalue weighted by molar-refractivity contribution is 5.91. The second-order valence-electron chi connectivity index (χ2n) is 9.43. The van der Waals surface area contributed by atoms with E-state index in [0.29, 0.717) is 12.5 Å². The van der Waals surface area contributed by atoms with Crippen molar-refractivity contribution in [1.82, 2.24) is 29.9 Å². The van der Waals surface area contributed by atoms with Crippen molar-refractivity contribution in [1.29, 1.82) is 0 Å². The lowest BCUT2D eigenvalue weighted by atomic mass is 10.2. The Morgan fingerprint density at radius 1 is 1.07 bits per heavy atom. The topological polar surface area (TPSA) is 142 Å². The molecule has 4 rings (SSSR count). The molecule has 2 aromatic carbocycles. The Kier molecular flexibility index (Phi) is 10.1. The predicted molar refractivity (Wildman–Crippen MR) is 147 cm³/mol. The van der Waals surface area contributed by atoms with Gasteiger partial charge in [-0.1, -0.05) is 47.7 Å². The average Bonchev–Trinajstić information content (AvgIpc) is 3.43. The van der Waals surface area contributed by atoms with E-state index in [0.717, 1.165) is 10.2 Å². The molecule has 2 aromatic heterocycles. The van der Waals surface area contributed by atoms with Crippen molar-refractivity contribution in [3.63, 3.8) is 0 Å². The van der Waals surface area contributed by atoms with Crippen LogP contribution in [0.3, 0.4) is 0 Å². The van der Waals surface area contributed by atoms with E-state index >= 15 is 0 Å². The van der Waals surface area contributed by atoms with Gasteiger partial charge in [0.1, 0.15) is 24.3 Å². The molecule has 1 atom stereocenters. The van der Waals surface area contributed by atoms with Crippen LogP contribution in [0.4, 0.5) is 23.8 Å². The lowest BCUT2D eigenvalue weighted by molar-refractivity contribution is -0.159. The maximum absolute atomic E-state index is 14.7. The predicted octanol–water partition coefficient (Wildman–Crippen LogP) is 3.93. The minimum absolute atomic E-state index is 0.000512. The van der Waals surface area contributed by atoms with E-state index in [4.69, 9.17) is 4.74 Å². The number of halogens is 3. The normalized spacial score (nSPS) is 11.9. The number of ether oxygens (including phenoxy) is 2. The maximum Gasteiger partial charge on any atom is 0.413 e. The number of nitrogens with one attached hydrogen (secondary N) is 2. The third-order valence-electron chi connectivity index (χ3n) is 5.81. The van der Waals surface area contributed by atoms with Gasteiger partial charge in [0, 0.05) is 26.2 Å². The molecule has 0 aliphatic heterocycles. The zero-order valence-corrected chi connectivity index (χ0v) is 23.0. The molecule has 2 amide bonds. The molecule has 0 saturated carbocycles. The molecule has 15 heteroatoms. The summed E-state index contributed by atoms with van der Waals surface area (Å²) >= 11 is 0. The monoisotopic (exact) mass is 599 g/mol. The summed E-state index contributed by atoms with van der Waals surface area (Å²) in [5.41, 5.74) is 0.562. The summed E-state index contributed by atoms with van der Waals surface area (Å²) in [4.78, 5) is 40.5. The van der Waals surface area contributed by atoms with E-state index < -0.39 is 30.0 Å². The number of nitrogens with zero attached hydrogens (tertiary/aromatic N) is 5. The molecule has 4 aromatic rings. The number of aromatic nitrogens is 5. The van der Waals surface area contributed by atoms with Crippen LogP contribution in [0.1, 0.15) is 35.0 Å². The third kappa shape index (κ3) is 9.98. The van der Waals surface area contributed by atoms with Crippen molar-refractivity contribution in [3.8, 4) is 5.75 Å². The molecule has 0 aliphatic rings. The quantitative estimate of drug-likeness (QED) is 0.235. The number of hydrogen-bond donors (Lipinski definition) is 2. The number of carbonyl (C=O) groups is 2. The van der Waals surface area contributed by atoms with Gasteiger partial charge < -0.3 is 14.8 Å². The van der Waals surface area contributed by atoms with Gasteiger partial charge in [0.15, 0.2) is 5.69 Å². The first-order valence-electron chi connectivity index (χ1n) is 13.1.